The van der Waals surface area contributed by atoms with E-state index in [2.05, 4.69) is 43.1 Å². The van der Waals surface area contributed by atoms with Crippen LogP contribution in [0.15, 0.2) is 29.4 Å². The molecule has 1 unspecified atom stereocenters. The Bertz CT molecular complexity index is 1100. The molecule has 8 nitrogen and oxygen atoms in total. The van der Waals surface area contributed by atoms with Gasteiger partial charge in [0.15, 0.2) is 15.7 Å². The van der Waals surface area contributed by atoms with Gasteiger partial charge in [0, 0.05) is 17.6 Å². The predicted molar refractivity (Wildman–Crippen MR) is 131 cm³/mol. The molecule has 1 amide bonds. The fourth-order valence-electron chi connectivity index (χ4n) is 4.78. The number of aromatic nitrogens is 3. The molecule has 1 saturated heterocycles. The molecule has 2 aromatic rings. The van der Waals surface area contributed by atoms with Gasteiger partial charge in [0.25, 0.3) is 0 Å². The molecule has 2 aliphatic rings. The van der Waals surface area contributed by atoms with Crippen molar-refractivity contribution in [2.75, 3.05) is 23.1 Å². The van der Waals surface area contributed by atoms with Gasteiger partial charge < -0.3 is 10.7 Å². The van der Waals surface area contributed by atoms with Gasteiger partial charge in [0.1, 0.15) is 0 Å². The van der Waals surface area contributed by atoms with Crippen molar-refractivity contribution < 1.29 is 13.2 Å². The Morgan fingerprint density at radius 1 is 1.12 bits per heavy atom. The molecule has 1 aliphatic heterocycles. The number of thioether (sulfide) groups is 1. The normalized spacial score (nSPS) is 20.9. The van der Waals surface area contributed by atoms with Crippen molar-refractivity contribution in [3.8, 4) is 11.4 Å². The highest BCUT2D eigenvalue weighted by atomic mass is 32.2. The van der Waals surface area contributed by atoms with E-state index in [0.29, 0.717) is 17.4 Å². The first kappa shape index (κ1) is 24.1. The highest BCUT2D eigenvalue weighted by Gasteiger charge is 2.39. The number of carbonyl (C=O) groups is 1. The van der Waals surface area contributed by atoms with Crippen LogP contribution in [0.5, 0.6) is 0 Å². The second-order valence-corrected chi connectivity index (χ2v) is 13.3. The van der Waals surface area contributed by atoms with Crippen molar-refractivity contribution in [2.24, 2.45) is 0 Å². The molecule has 33 heavy (non-hydrogen) atoms. The largest absolute Gasteiger partial charge is 0.335 e. The van der Waals surface area contributed by atoms with Crippen LogP contribution in [0, 0.1) is 0 Å². The van der Waals surface area contributed by atoms with Crippen LogP contribution in [0.3, 0.4) is 0 Å². The average Bonchev–Trinajstić information content (AvgIpc) is 3.48. The van der Waals surface area contributed by atoms with E-state index in [9.17, 15) is 13.2 Å². The summed E-state index contributed by atoms with van der Waals surface area (Å²) in [5.74, 6) is 7.15. The first-order chi connectivity index (χ1) is 15.5. The Morgan fingerprint density at radius 3 is 2.36 bits per heavy atom. The van der Waals surface area contributed by atoms with Crippen LogP contribution < -0.4 is 5.84 Å². The predicted octanol–water partition coefficient (Wildman–Crippen LogP) is 3.01. The number of nitrogens with two attached hydrogens (primary N) is 1. The van der Waals surface area contributed by atoms with Crippen LogP contribution in [0.4, 0.5) is 0 Å². The van der Waals surface area contributed by atoms with E-state index < -0.39 is 9.84 Å². The average molecular weight is 492 g/mol. The van der Waals surface area contributed by atoms with Gasteiger partial charge >= 0.3 is 0 Å². The lowest BCUT2D eigenvalue weighted by Gasteiger charge is -2.34. The summed E-state index contributed by atoms with van der Waals surface area (Å²) in [5, 5.41) is 8.90. The summed E-state index contributed by atoms with van der Waals surface area (Å²) in [7, 11) is -3.06. The van der Waals surface area contributed by atoms with Gasteiger partial charge in [0.05, 0.1) is 17.3 Å². The number of nitrogen functional groups attached to an aromatic ring is 1. The molecule has 0 bridgehead atoms. The van der Waals surface area contributed by atoms with E-state index in [1.807, 2.05) is 17.0 Å². The smallest absolute Gasteiger partial charge is 0.233 e. The maximum atomic E-state index is 13.2. The van der Waals surface area contributed by atoms with E-state index in [1.165, 1.54) is 22.0 Å². The van der Waals surface area contributed by atoms with Gasteiger partial charge in [-0.2, -0.15) is 0 Å². The van der Waals surface area contributed by atoms with Crippen LogP contribution in [0.25, 0.3) is 11.4 Å². The van der Waals surface area contributed by atoms with Crippen molar-refractivity contribution in [3.63, 3.8) is 0 Å². The Kier molecular flexibility index (Phi) is 6.77. The molecule has 1 aliphatic carbocycles. The number of hydrogen-bond donors (Lipinski definition) is 1. The molecule has 1 saturated carbocycles. The lowest BCUT2D eigenvalue weighted by Crippen LogP contribution is -2.47. The number of carbonyl (C=O) groups excluding carboxylic acids is 1. The van der Waals surface area contributed by atoms with Crippen molar-refractivity contribution in [2.45, 2.75) is 75.5 Å². The van der Waals surface area contributed by atoms with E-state index in [0.717, 1.165) is 31.2 Å². The second-order valence-electron chi connectivity index (χ2n) is 10.1. The summed E-state index contributed by atoms with van der Waals surface area (Å²) in [4.78, 5) is 15.1. The summed E-state index contributed by atoms with van der Waals surface area (Å²) < 4.78 is 25.5. The molecule has 0 spiro atoms. The van der Waals surface area contributed by atoms with Crippen LogP contribution >= 0.6 is 11.8 Å². The lowest BCUT2D eigenvalue weighted by molar-refractivity contribution is -0.132. The molecule has 0 radical (unpaired) electrons. The van der Waals surface area contributed by atoms with Gasteiger partial charge in [-0.15, -0.1) is 10.2 Å². The van der Waals surface area contributed by atoms with E-state index in [-0.39, 0.29) is 40.7 Å². The molecule has 1 atom stereocenters. The zero-order valence-electron chi connectivity index (χ0n) is 19.5. The molecule has 4 rings (SSSR count). The zero-order chi connectivity index (χ0) is 23.8. The molecule has 10 heteroatoms. The van der Waals surface area contributed by atoms with Gasteiger partial charge in [-0.25, -0.2) is 13.1 Å². The summed E-state index contributed by atoms with van der Waals surface area (Å²) >= 11 is 1.25. The van der Waals surface area contributed by atoms with Crippen molar-refractivity contribution in [1.82, 2.24) is 19.8 Å². The first-order valence-electron chi connectivity index (χ1n) is 11.5. The van der Waals surface area contributed by atoms with Crippen molar-refractivity contribution >= 4 is 27.5 Å². The third-order valence-electron chi connectivity index (χ3n) is 6.61. The number of rotatable bonds is 6. The molecule has 2 heterocycles. The third-order valence-corrected chi connectivity index (χ3v) is 9.28. The van der Waals surface area contributed by atoms with Crippen LogP contribution in [-0.4, -0.2) is 63.4 Å². The number of amides is 1. The summed E-state index contributed by atoms with van der Waals surface area (Å²) in [6.45, 7) is 6.49. The molecular formula is C23H33N5O3S2. The monoisotopic (exact) mass is 491 g/mol. The number of sulfone groups is 1. The summed E-state index contributed by atoms with van der Waals surface area (Å²) in [6, 6.07) is 8.00. The lowest BCUT2D eigenvalue weighted by atomic mass is 9.87. The van der Waals surface area contributed by atoms with Crippen LogP contribution in [-0.2, 0) is 20.0 Å². The van der Waals surface area contributed by atoms with Gasteiger partial charge in [-0.05, 0) is 30.2 Å². The Hall–Kier alpha value is -2.07. The van der Waals surface area contributed by atoms with E-state index >= 15 is 0 Å². The van der Waals surface area contributed by atoms with Gasteiger partial charge in [-0.1, -0.05) is 69.6 Å². The van der Waals surface area contributed by atoms with Crippen LogP contribution in [0.2, 0.25) is 0 Å². The Morgan fingerprint density at radius 2 is 1.79 bits per heavy atom. The minimum Gasteiger partial charge on any atom is -0.335 e. The number of nitrogens with zero attached hydrogens (tertiary/aromatic N) is 4. The summed E-state index contributed by atoms with van der Waals surface area (Å²) in [6.07, 6.45) is 4.56. The van der Waals surface area contributed by atoms with E-state index in [4.69, 9.17) is 5.84 Å². The molecule has 1 aromatic carbocycles. The standard InChI is InChI=1S/C23H33N5O3S2/c1-23(2,3)17-10-8-16(9-11-17)21-25-26-22(28(21)24)32-14-20(29)27(18-6-4-5-7-18)19-12-13-33(30,31)15-19/h8-11,18-19H,4-7,12-15,24H2,1-3H3. The highest BCUT2D eigenvalue weighted by molar-refractivity contribution is 7.99. The molecule has 180 valence electrons. The van der Waals surface area contributed by atoms with E-state index in [1.54, 1.807) is 0 Å². The van der Waals surface area contributed by atoms with Crippen molar-refractivity contribution in [1.29, 1.82) is 0 Å². The molecule has 2 fully saturated rings. The van der Waals surface area contributed by atoms with Gasteiger partial charge in [0.2, 0.25) is 11.1 Å². The minimum atomic E-state index is -3.06. The topological polar surface area (TPSA) is 111 Å². The highest BCUT2D eigenvalue weighted by Crippen LogP contribution is 2.31. The number of benzene rings is 1. The Balaban J connectivity index is 1.46. The van der Waals surface area contributed by atoms with Gasteiger partial charge in [-0.3, -0.25) is 4.79 Å². The molecule has 1 aromatic heterocycles. The number of hydrogen-bond acceptors (Lipinski definition) is 7. The first-order valence-corrected chi connectivity index (χ1v) is 14.3. The van der Waals surface area contributed by atoms with Crippen LogP contribution in [0.1, 0.15) is 58.4 Å². The maximum absolute atomic E-state index is 13.2. The maximum Gasteiger partial charge on any atom is 0.233 e. The third kappa shape index (κ3) is 5.37. The molecular weight excluding hydrogens is 458 g/mol. The SMILES string of the molecule is CC(C)(C)c1ccc(-c2nnc(SCC(=O)N(C3CCCC3)C3CCS(=O)(=O)C3)n2N)cc1. The van der Waals surface area contributed by atoms with Crippen molar-refractivity contribution in [3.05, 3.63) is 29.8 Å². The quantitative estimate of drug-likeness (QED) is 0.488. The second kappa shape index (κ2) is 9.29. The zero-order valence-corrected chi connectivity index (χ0v) is 21.2. The fraction of sp³-hybridized carbons (Fsp3) is 0.609. The fourth-order valence-corrected chi connectivity index (χ4v) is 7.21. The summed E-state index contributed by atoms with van der Waals surface area (Å²) in [5.41, 5.74) is 2.13. The minimum absolute atomic E-state index is 0.0481. The Labute approximate surface area is 200 Å². The molecule has 2 N–H and O–H groups in total.